The molecule has 0 aromatic heterocycles. The molecule has 0 aliphatic carbocycles. The molecule has 3 rings (SSSR count). The zero-order chi connectivity index (χ0) is 13.9. The minimum Gasteiger partial charge on any atom is -0.462 e. The topological polar surface area (TPSA) is 35.5 Å². The number of hydrogen-bond acceptors (Lipinski definition) is 3. The van der Waals surface area contributed by atoms with Gasteiger partial charge in [-0.05, 0) is 30.2 Å². The van der Waals surface area contributed by atoms with Gasteiger partial charge in [0, 0.05) is 49.7 Å². The van der Waals surface area contributed by atoms with Crippen LogP contribution in [0.3, 0.4) is 0 Å². The molecule has 0 bridgehead atoms. The molecule has 0 N–H and O–H groups in total. The van der Waals surface area contributed by atoms with E-state index in [1.165, 1.54) is 0 Å². The summed E-state index contributed by atoms with van der Waals surface area (Å²) in [4.78, 5) is 12.1. The van der Waals surface area contributed by atoms with E-state index in [9.17, 15) is 4.79 Å². The molecule has 0 spiro atoms. The summed E-state index contributed by atoms with van der Waals surface area (Å²) in [5, 5.41) is 0. The summed E-state index contributed by atoms with van der Waals surface area (Å²) in [7, 11) is 0. The Kier molecular flexibility index (Phi) is 5.68. The quantitative estimate of drug-likeness (QED) is 0.548. The van der Waals surface area contributed by atoms with E-state index >= 15 is 0 Å². The zero-order valence-electron chi connectivity index (χ0n) is 12.1. The molecule has 0 atom stereocenters. The maximum absolute atomic E-state index is 12.1. The van der Waals surface area contributed by atoms with Crippen LogP contribution >= 0.6 is 0 Å². The third-order valence-electron chi connectivity index (χ3n) is 3.35. The Bertz CT molecular complexity index is 652. The van der Waals surface area contributed by atoms with Crippen LogP contribution in [-0.4, -0.2) is 50.3 Å². The maximum Gasteiger partial charge on any atom is 0.338 e. The Hall–Kier alpha value is -1.03. The average Bonchev–Trinajstić information content (AvgIpc) is 2.50. The second-order valence-electron chi connectivity index (χ2n) is 4.80. The van der Waals surface area contributed by atoms with Crippen LogP contribution in [0.1, 0.15) is 34.8 Å². The maximum atomic E-state index is 12.1. The van der Waals surface area contributed by atoms with Gasteiger partial charge in [0.2, 0.25) is 0 Å². The Balaban J connectivity index is 0.00000161. The van der Waals surface area contributed by atoms with E-state index in [2.05, 4.69) is 0 Å². The summed E-state index contributed by atoms with van der Waals surface area (Å²) in [5.74, 6) is 1.33. The van der Waals surface area contributed by atoms with Crippen molar-refractivity contribution in [2.45, 2.75) is 19.8 Å². The van der Waals surface area contributed by atoms with E-state index in [4.69, 9.17) is 9.47 Å². The predicted molar refractivity (Wildman–Crippen MR) is 82.1 cm³/mol. The molecule has 0 saturated carbocycles. The van der Waals surface area contributed by atoms with Gasteiger partial charge in [-0.3, -0.25) is 0 Å². The van der Waals surface area contributed by atoms with Crippen LogP contribution in [0.5, 0.6) is 11.5 Å². The summed E-state index contributed by atoms with van der Waals surface area (Å²) < 4.78 is 11.1. The summed E-state index contributed by atoms with van der Waals surface area (Å²) >= 11 is 0. The smallest absolute Gasteiger partial charge is 0.338 e. The molecule has 1 heterocycles. The third-order valence-corrected chi connectivity index (χ3v) is 3.35. The molecule has 2 radical (unpaired) electrons. The molecule has 0 saturated heterocycles. The minimum atomic E-state index is -0.272. The van der Waals surface area contributed by atoms with Crippen LogP contribution in [-0.2, 0) is 11.2 Å². The summed E-state index contributed by atoms with van der Waals surface area (Å²) in [5.41, 5.74) is 2.61. The molecular weight excluding hydrogens is 292 g/mol. The zero-order valence-corrected chi connectivity index (χ0v) is 14.3. The fraction of sp³-hybridized carbons (Fsp3) is 0.235. The van der Waals surface area contributed by atoms with Gasteiger partial charge in [0.15, 0.2) is 0 Å². The third kappa shape index (κ3) is 3.42. The first kappa shape index (κ1) is 16.3. The van der Waals surface area contributed by atoms with E-state index in [-0.39, 0.29) is 43.7 Å². The van der Waals surface area contributed by atoms with Crippen LogP contribution in [0.2, 0.25) is 0 Å². The van der Waals surface area contributed by atoms with Crippen LogP contribution in [0.4, 0.5) is 0 Å². The second kappa shape index (κ2) is 7.30. The molecule has 21 heavy (non-hydrogen) atoms. The number of fused-ring (bicyclic) bond motifs is 2. The van der Waals surface area contributed by atoms with Crippen LogP contribution in [0.25, 0.3) is 0 Å². The molecule has 1 aliphatic heterocycles. The molecule has 2 aromatic carbocycles. The summed E-state index contributed by atoms with van der Waals surface area (Å²) in [6.07, 6.45) is 1.52. The van der Waals surface area contributed by atoms with Gasteiger partial charge in [-0.2, -0.15) is 0 Å². The van der Waals surface area contributed by atoms with Gasteiger partial charge >= 0.3 is 5.97 Å². The molecule has 3 nitrogen and oxygen atoms in total. The van der Waals surface area contributed by atoms with Crippen molar-refractivity contribution >= 4 is 43.7 Å². The largest absolute Gasteiger partial charge is 0.462 e. The Labute approximate surface area is 154 Å². The van der Waals surface area contributed by atoms with Gasteiger partial charge < -0.3 is 9.47 Å². The van der Waals surface area contributed by atoms with E-state index in [0.29, 0.717) is 18.6 Å². The molecule has 104 valence electrons. The van der Waals surface area contributed by atoms with Gasteiger partial charge in [0.25, 0.3) is 0 Å². The fourth-order valence-electron chi connectivity index (χ4n) is 2.37. The number of carbonyl (C=O) groups excluding carboxylic acids is 1. The number of rotatable bonds is 3. The molecule has 0 unspecified atom stereocenters. The number of benzene rings is 2. The second-order valence-corrected chi connectivity index (χ2v) is 4.80. The van der Waals surface area contributed by atoms with Crippen LogP contribution < -0.4 is 4.74 Å². The number of hydrogen-bond donors (Lipinski definition) is 0. The molecule has 0 fully saturated rings. The van der Waals surface area contributed by atoms with Crippen molar-refractivity contribution in [1.29, 1.82) is 0 Å². The Morgan fingerprint density at radius 1 is 1.14 bits per heavy atom. The van der Waals surface area contributed by atoms with Crippen molar-refractivity contribution in [3.05, 3.63) is 59.2 Å². The van der Waals surface area contributed by atoms with Gasteiger partial charge in [0.05, 0.1) is 12.2 Å². The first-order valence-electron chi connectivity index (χ1n) is 6.84. The number of carbonyl (C=O) groups is 1. The van der Waals surface area contributed by atoms with Crippen molar-refractivity contribution in [2.75, 3.05) is 6.61 Å². The van der Waals surface area contributed by atoms with E-state index in [1.807, 2.05) is 43.3 Å². The number of ether oxygens (including phenoxy) is 2. The summed E-state index contributed by atoms with van der Waals surface area (Å²) in [6.45, 7) is 2.42. The van der Waals surface area contributed by atoms with Crippen LogP contribution in [0, 0.1) is 0 Å². The SMILES string of the molecule is CCCOC(=O)c1cccc2c1Cc1ccccc1O2.[Ca]. The Morgan fingerprint density at radius 2 is 1.90 bits per heavy atom. The monoisotopic (exact) mass is 308 g/mol. The predicted octanol–water partition coefficient (Wildman–Crippen LogP) is 3.57. The van der Waals surface area contributed by atoms with Crippen molar-refractivity contribution < 1.29 is 14.3 Å². The van der Waals surface area contributed by atoms with Gasteiger partial charge in [-0.15, -0.1) is 0 Å². The average molecular weight is 308 g/mol. The molecule has 4 heteroatoms. The van der Waals surface area contributed by atoms with E-state index < -0.39 is 0 Å². The van der Waals surface area contributed by atoms with Crippen molar-refractivity contribution in [1.82, 2.24) is 0 Å². The summed E-state index contributed by atoms with van der Waals surface area (Å²) in [6, 6.07) is 13.4. The normalized spacial score (nSPS) is 11.5. The standard InChI is InChI=1S/C17H16O3.Ca/c1-2-10-19-17(18)13-7-5-9-16-14(13)11-12-6-3-4-8-15(12)20-16;/h3-9H,2,10-11H2,1H3;. The van der Waals surface area contributed by atoms with Crippen molar-refractivity contribution in [3.8, 4) is 11.5 Å². The van der Waals surface area contributed by atoms with E-state index in [0.717, 1.165) is 29.0 Å². The first-order chi connectivity index (χ1) is 9.79. The molecule has 0 amide bonds. The minimum absolute atomic E-state index is 0. The number of para-hydroxylation sites is 1. The molecule has 1 aliphatic rings. The molecular formula is C17H16CaO3. The van der Waals surface area contributed by atoms with Crippen molar-refractivity contribution in [3.63, 3.8) is 0 Å². The van der Waals surface area contributed by atoms with E-state index in [1.54, 1.807) is 6.07 Å². The van der Waals surface area contributed by atoms with Gasteiger partial charge in [0.1, 0.15) is 11.5 Å². The van der Waals surface area contributed by atoms with Crippen LogP contribution in [0.15, 0.2) is 42.5 Å². The fourth-order valence-corrected chi connectivity index (χ4v) is 2.37. The molecule has 2 aromatic rings. The Morgan fingerprint density at radius 3 is 2.71 bits per heavy atom. The van der Waals surface area contributed by atoms with Gasteiger partial charge in [-0.1, -0.05) is 31.2 Å². The van der Waals surface area contributed by atoms with Gasteiger partial charge in [-0.25, -0.2) is 4.79 Å². The number of esters is 1. The first-order valence-corrected chi connectivity index (χ1v) is 6.84. The van der Waals surface area contributed by atoms with Crippen molar-refractivity contribution in [2.24, 2.45) is 0 Å².